The molecular formula is C12H17NO2S. The van der Waals surface area contributed by atoms with Crippen molar-refractivity contribution in [3.63, 3.8) is 0 Å². The zero-order valence-corrected chi connectivity index (χ0v) is 10.6. The molecule has 0 saturated heterocycles. The van der Waals surface area contributed by atoms with E-state index in [9.17, 15) is 8.42 Å². The second-order valence-corrected chi connectivity index (χ2v) is 7.18. The normalized spacial score (nSPS) is 27.8. The molecule has 2 atom stereocenters. The van der Waals surface area contributed by atoms with E-state index in [1.54, 1.807) is 12.1 Å². The van der Waals surface area contributed by atoms with Crippen LogP contribution in [0.25, 0.3) is 0 Å². The molecular weight excluding hydrogens is 222 g/mol. The molecule has 0 amide bonds. The number of hydrogen-bond acceptors (Lipinski definition) is 3. The summed E-state index contributed by atoms with van der Waals surface area (Å²) in [6.45, 7) is 4.26. The molecule has 0 bridgehead atoms. The summed E-state index contributed by atoms with van der Waals surface area (Å²) in [5.74, 6) is 0.348. The van der Waals surface area contributed by atoms with Crippen molar-refractivity contribution in [1.82, 2.24) is 0 Å². The largest absolute Gasteiger partial charge is 0.327 e. The molecule has 1 saturated carbocycles. The van der Waals surface area contributed by atoms with E-state index < -0.39 is 9.84 Å². The lowest BCUT2D eigenvalue weighted by atomic mass is 10.0. The fraction of sp³-hybridized carbons (Fsp3) is 0.500. The van der Waals surface area contributed by atoms with Gasteiger partial charge < -0.3 is 5.73 Å². The minimum atomic E-state index is -3.10. The fourth-order valence-corrected chi connectivity index (χ4v) is 2.87. The Balaban J connectivity index is 2.29. The van der Waals surface area contributed by atoms with Gasteiger partial charge in [0, 0.05) is 18.2 Å². The number of rotatable bonds is 2. The maximum Gasteiger partial charge on any atom is 0.175 e. The molecule has 1 aliphatic rings. The van der Waals surface area contributed by atoms with E-state index in [-0.39, 0.29) is 11.5 Å². The van der Waals surface area contributed by atoms with Crippen LogP contribution in [0.1, 0.15) is 25.3 Å². The predicted molar refractivity (Wildman–Crippen MR) is 64.0 cm³/mol. The molecule has 2 rings (SSSR count). The van der Waals surface area contributed by atoms with Gasteiger partial charge in [-0.05, 0) is 23.1 Å². The minimum Gasteiger partial charge on any atom is -0.327 e. The number of hydrogen-bond donors (Lipinski definition) is 1. The zero-order chi connectivity index (χ0) is 12.1. The van der Waals surface area contributed by atoms with Crippen molar-refractivity contribution in [2.24, 2.45) is 11.1 Å². The summed E-state index contributed by atoms with van der Waals surface area (Å²) in [5, 5.41) is 0. The first-order valence-corrected chi connectivity index (χ1v) is 7.19. The number of benzene rings is 1. The second-order valence-electron chi connectivity index (χ2n) is 5.17. The molecule has 0 heterocycles. The van der Waals surface area contributed by atoms with Crippen LogP contribution in [0, 0.1) is 5.41 Å². The lowest BCUT2D eigenvalue weighted by molar-refractivity contribution is 0.598. The Morgan fingerprint density at radius 3 is 1.94 bits per heavy atom. The smallest absolute Gasteiger partial charge is 0.175 e. The molecule has 0 spiro atoms. The molecule has 1 fully saturated rings. The maximum absolute atomic E-state index is 11.3. The lowest BCUT2D eigenvalue weighted by Crippen LogP contribution is -2.06. The molecule has 16 heavy (non-hydrogen) atoms. The van der Waals surface area contributed by atoms with Crippen molar-refractivity contribution in [2.45, 2.75) is 30.7 Å². The Kier molecular flexibility index (Phi) is 2.40. The molecule has 3 nitrogen and oxygen atoms in total. The zero-order valence-electron chi connectivity index (χ0n) is 9.77. The van der Waals surface area contributed by atoms with E-state index >= 15 is 0 Å². The van der Waals surface area contributed by atoms with E-state index in [1.165, 1.54) is 6.26 Å². The summed E-state index contributed by atoms with van der Waals surface area (Å²) in [6.07, 6.45) is 1.22. The molecule has 0 aliphatic heterocycles. The van der Waals surface area contributed by atoms with Gasteiger partial charge in [0.2, 0.25) is 0 Å². The van der Waals surface area contributed by atoms with Gasteiger partial charge in [0.25, 0.3) is 0 Å². The summed E-state index contributed by atoms with van der Waals surface area (Å²) >= 11 is 0. The lowest BCUT2D eigenvalue weighted by Gasteiger charge is -2.04. The Morgan fingerprint density at radius 2 is 1.62 bits per heavy atom. The van der Waals surface area contributed by atoms with Gasteiger partial charge in [-0.25, -0.2) is 8.42 Å². The second kappa shape index (κ2) is 3.31. The monoisotopic (exact) mass is 239 g/mol. The van der Waals surface area contributed by atoms with Crippen LogP contribution in [-0.2, 0) is 9.84 Å². The topological polar surface area (TPSA) is 60.2 Å². The van der Waals surface area contributed by atoms with Crippen LogP contribution in [0.4, 0.5) is 0 Å². The molecule has 88 valence electrons. The number of sulfone groups is 1. The van der Waals surface area contributed by atoms with E-state index in [1.807, 2.05) is 12.1 Å². The van der Waals surface area contributed by atoms with Gasteiger partial charge in [0.1, 0.15) is 0 Å². The van der Waals surface area contributed by atoms with Crippen molar-refractivity contribution >= 4 is 9.84 Å². The summed E-state index contributed by atoms with van der Waals surface area (Å²) < 4.78 is 22.6. The van der Waals surface area contributed by atoms with Gasteiger partial charge in [0.15, 0.2) is 9.84 Å². The third-order valence-corrected chi connectivity index (χ3v) is 4.71. The Bertz CT molecular complexity index is 502. The van der Waals surface area contributed by atoms with Gasteiger partial charge in [-0.3, -0.25) is 0 Å². The third kappa shape index (κ3) is 1.76. The first-order valence-electron chi connectivity index (χ1n) is 5.30. The minimum absolute atomic E-state index is 0.132. The van der Waals surface area contributed by atoms with Crippen molar-refractivity contribution in [2.75, 3.05) is 6.26 Å². The summed E-state index contributed by atoms with van der Waals surface area (Å²) in [5.41, 5.74) is 7.24. The highest BCUT2D eigenvalue weighted by Gasteiger charge is 2.55. The molecule has 2 unspecified atom stereocenters. The Hall–Kier alpha value is -0.870. The van der Waals surface area contributed by atoms with Crippen LogP contribution < -0.4 is 5.73 Å². The van der Waals surface area contributed by atoms with Gasteiger partial charge >= 0.3 is 0 Å². The van der Waals surface area contributed by atoms with Crippen molar-refractivity contribution < 1.29 is 8.42 Å². The molecule has 0 aromatic heterocycles. The van der Waals surface area contributed by atoms with E-state index in [4.69, 9.17) is 5.73 Å². The van der Waals surface area contributed by atoms with E-state index in [0.29, 0.717) is 10.8 Å². The van der Waals surface area contributed by atoms with Crippen LogP contribution in [0.15, 0.2) is 29.2 Å². The third-order valence-electron chi connectivity index (χ3n) is 3.58. The van der Waals surface area contributed by atoms with Gasteiger partial charge in [-0.2, -0.15) is 0 Å². The highest BCUT2D eigenvalue weighted by molar-refractivity contribution is 7.90. The highest BCUT2D eigenvalue weighted by atomic mass is 32.2. The number of nitrogens with two attached hydrogens (primary N) is 1. The summed E-state index contributed by atoms with van der Waals surface area (Å²) in [6, 6.07) is 7.24. The fourth-order valence-electron chi connectivity index (χ4n) is 2.24. The highest BCUT2D eigenvalue weighted by Crippen LogP contribution is 2.57. The van der Waals surface area contributed by atoms with Crippen LogP contribution in [0.2, 0.25) is 0 Å². The maximum atomic E-state index is 11.3. The van der Waals surface area contributed by atoms with E-state index in [0.717, 1.165) is 5.56 Å². The van der Waals surface area contributed by atoms with Gasteiger partial charge in [-0.1, -0.05) is 26.0 Å². The van der Waals surface area contributed by atoms with Gasteiger partial charge in [0.05, 0.1) is 4.90 Å². The van der Waals surface area contributed by atoms with E-state index in [2.05, 4.69) is 13.8 Å². The quantitative estimate of drug-likeness (QED) is 0.851. The van der Waals surface area contributed by atoms with Crippen molar-refractivity contribution in [3.8, 4) is 0 Å². The molecule has 2 N–H and O–H groups in total. The molecule has 1 aromatic carbocycles. The van der Waals surface area contributed by atoms with Crippen molar-refractivity contribution in [1.29, 1.82) is 0 Å². The average Bonchev–Trinajstić information content (AvgIpc) is 2.65. The first kappa shape index (κ1) is 11.6. The molecule has 1 aromatic rings. The molecule has 0 radical (unpaired) electrons. The average molecular weight is 239 g/mol. The van der Waals surface area contributed by atoms with Crippen LogP contribution >= 0.6 is 0 Å². The molecule has 1 aliphatic carbocycles. The SMILES string of the molecule is CC1(C)C(N)C1c1ccc(S(C)(=O)=O)cc1. The van der Waals surface area contributed by atoms with Crippen LogP contribution in [0.5, 0.6) is 0 Å². The standard InChI is InChI=1S/C12H17NO2S/c1-12(2)10(11(12)13)8-4-6-9(7-5-8)16(3,14)15/h4-7,10-11H,13H2,1-3H3. The van der Waals surface area contributed by atoms with Gasteiger partial charge in [-0.15, -0.1) is 0 Å². The summed E-state index contributed by atoms with van der Waals surface area (Å²) in [7, 11) is -3.10. The van der Waals surface area contributed by atoms with Crippen LogP contribution in [-0.4, -0.2) is 20.7 Å². The molecule has 4 heteroatoms. The first-order chi connectivity index (χ1) is 7.24. The Morgan fingerprint density at radius 1 is 1.19 bits per heavy atom. The summed E-state index contributed by atoms with van der Waals surface area (Å²) in [4.78, 5) is 0.364. The predicted octanol–water partition coefficient (Wildman–Crippen LogP) is 1.54. The van der Waals surface area contributed by atoms with Crippen molar-refractivity contribution in [3.05, 3.63) is 29.8 Å². The van der Waals surface area contributed by atoms with Crippen LogP contribution in [0.3, 0.4) is 0 Å². The Labute approximate surface area is 96.6 Å².